The van der Waals surface area contributed by atoms with Crippen LogP contribution in [0.2, 0.25) is 0 Å². The van der Waals surface area contributed by atoms with Crippen LogP contribution in [0.5, 0.6) is 11.5 Å². The number of rotatable bonds is 5. The molecule has 1 unspecified atom stereocenters. The number of nitrogens with zero attached hydrogens (tertiary/aromatic N) is 1. The minimum Gasteiger partial charge on any atom is -0.460 e. The first kappa shape index (κ1) is 21.6. The Bertz CT molecular complexity index is 1250. The van der Waals surface area contributed by atoms with E-state index in [-0.39, 0.29) is 10.9 Å². The number of para-hydroxylation sites is 1. The van der Waals surface area contributed by atoms with E-state index in [0.29, 0.717) is 40.0 Å². The molecule has 0 radical (unpaired) electrons. The molecule has 0 bridgehead atoms. The molecular formula is C24H24N4O3S. The van der Waals surface area contributed by atoms with E-state index < -0.39 is 11.9 Å². The lowest BCUT2D eigenvalue weighted by Gasteiger charge is -2.30. The summed E-state index contributed by atoms with van der Waals surface area (Å²) in [5, 5.41) is 3.17. The van der Waals surface area contributed by atoms with Gasteiger partial charge in [0.05, 0.1) is 17.6 Å². The summed E-state index contributed by atoms with van der Waals surface area (Å²) in [6.45, 7) is 5.44. The van der Waals surface area contributed by atoms with Gasteiger partial charge in [-0.25, -0.2) is 9.78 Å². The van der Waals surface area contributed by atoms with Crippen LogP contribution in [0.1, 0.15) is 37.8 Å². The maximum atomic E-state index is 13.1. The molecule has 8 heteroatoms. The number of allylic oxidation sites excluding steroid dienone is 1. The SMILES string of the molecule is CC1=C(C(=O)OC(C)C)C(c2cccc(Oc3ccccc3)c2)c2c(nc(=S)[nH]c2N)N1. The van der Waals surface area contributed by atoms with Crippen LogP contribution in [0.3, 0.4) is 0 Å². The van der Waals surface area contributed by atoms with Crippen molar-refractivity contribution < 1.29 is 14.3 Å². The first-order chi connectivity index (χ1) is 15.3. The monoisotopic (exact) mass is 448 g/mol. The van der Waals surface area contributed by atoms with Gasteiger partial charge in [0.25, 0.3) is 0 Å². The molecule has 0 saturated heterocycles. The van der Waals surface area contributed by atoms with E-state index in [2.05, 4.69) is 15.3 Å². The van der Waals surface area contributed by atoms with Crippen molar-refractivity contribution in [1.29, 1.82) is 0 Å². The molecule has 3 aromatic rings. The molecule has 0 aliphatic carbocycles. The normalized spacial score (nSPS) is 15.2. The number of esters is 1. The number of ether oxygens (including phenoxy) is 2. The quantitative estimate of drug-likeness (QED) is 0.360. The van der Waals surface area contributed by atoms with Gasteiger partial charge >= 0.3 is 5.97 Å². The van der Waals surface area contributed by atoms with Gasteiger partial charge in [0, 0.05) is 11.3 Å². The Morgan fingerprint density at radius 2 is 1.84 bits per heavy atom. The molecule has 32 heavy (non-hydrogen) atoms. The highest BCUT2D eigenvalue weighted by Crippen LogP contribution is 2.44. The lowest BCUT2D eigenvalue weighted by atomic mass is 9.82. The third kappa shape index (κ3) is 4.36. The number of nitrogens with one attached hydrogen (secondary N) is 2. The fourth-order valence-corrected chi connectivity index (χ4v) is 3.96. The third-order valence-electron chi connectivity index (χ3n) is 5.02. The lowest BCUT2D eigenvalue weighted by Crippen LogP contribution is -2.27. The number of nitrogen functional groups attached to an aromatic ring is 1. The summed E-state index contributed by atoms with van der Waals surface area (Å²) in [6, 6.07) is 17.1. The van der Waals surface area contributed by atoms with Crippen molar-refractivity contribution in [3.8, 4) is 11.5 Å². The summed E-state index contributed by atoms with van der Waals surface area (Å²) in [6.07, 6.45) is -0.269. The molecule has 7 nitrogen and oxygen atoms in total. The van der Waals surface area contributed by atoms with Crippen LogP contribution in [-0.2, 0) is 9.53 Å². The number of nitrogens with two attached hydrogens (primary N) is 1. The second-order valence-electron chi connectivity index (χ2n) is 7.76. The molecule has 164 valence electrons. The second kappa shape index (κ2) is 8.84. The number of carbonyl (C=O) groups excluding carboxylic acids is 1. The molecule has 1 atom stereocenters. The Morgan fingerprint density at radius 3 is 2.56 bits per heavy atom. The van der Waals surface area contributed by atoms with Gasteiger partial charge in [0.2, 0.25) is 0 Å². The predicted molar refractivity (Wildman–Crippen MR) is 126 cm³/mol. The molecular weight excluding hydrogens is 424 g/mol. The number of hydrogen-bond acceptors (Lipinski definition) is 7. The number of aromatic nitrogens is 2. The van der Waals surface area contributed by atoms with Crippen LogP contribution in [0, 0.1) is 4.77 Å². The average Bonchev–Trinajstić information content (AvgIpc) is 2.73. The fourth-order valence-electron chi connectivity index (χ4n) is 3.76. The standard InChI is InChI=1S/C24H24N4O3S/c1-13(2)30-23(29)18-14(3)26-22-20(21(25)27-24(32)28-22)19(18)15-8-7-11-17(12-15)31-16-9-5-4-6-10-16/h4-13,19H,1-3H3,(H4,25,26,27,28,32). The Balaban J connectivity index is 1.85. The number of fused-ring (bicyclic) bond motifs is 1. The van der Waals surface area contributed by atoms with E-state index in [4.69, 9.17) is 27.4 Å². The van der Waals surface area contributed by atoms with Gasteiger partial charge in [0.1, 0.15) is 23.1 Å². The minimum absolute atomic E-state index is 0.259. The highest BCUT2D eigenvalue weighted by atomic mass is 32.1. The van der Waals surface area contributed by atoms with E-state index in [9.17, 15) is 4.79 Å². The van der Waals surface area contributed by atoms with E-state index >= 15 is 0 Å². The fraction of sp³-hybridized carbons (Fsp3) is 0.208. The van der Waals surface area contributed by atoms with Crippen molar-refractivity contribution in [2.75, 3.05) is 11.1 Å². The van der Waals surface area contributed by atoms with Crippen LogP contribution >= 0.6 is 12.2 Å². The van der Waals surface area contributed by atoms with Crippen molar-refractivity contribution in [3.63, 3.8) is 0 Å². The Kier molecular flexibility index (Phi) is 5.96. The molecule has 2 heterocycles. The first-order valence-electron chi connectivity index (χ1n) is 10.2. The molecule has 0 fully saturated rings. The number of anilines is 2. The first-order valence-corrected chi connectivity index (χ1v) is 10.7. The Hall–Kier alpha value is -3.65. The summed E-state index contributed by atoms with van der Waals surface area (Å²) >= 11 is 5.20. The van der Waals surface area contributed by atoms with Gasteiger partial charge in [-0.15, -0.1) is 0 Å². The molecule has 1 aromatic heterocycles. The van der Waals surface area contributed by atoms with Crippen molar-refractivity contribution in [2.24, 2.45) is 0 Å². The zero-order chi connectivity index (χ0) is 22.8. The maximum Gasteiger partial charge on any atom is 0.337 e. The molecule has 0 amide bonds. The van der Waals surface area contributed by atoms with Gasteiger partial charge in [-0.2, -0.15) is 0 Å². The topological polar surface area (TPSA) is 102 Å². The number of hydrogen-bond donors (Lipinski definition) is 3. The lowest BCUT2D eigenvalue weighted by molar-refractivity contribution is -0.142. The summed E-state index contributed by atoms with van der Waals surface area (Å²) in [5.74, 6) is 1.27. The van der Waals surface area contributed by atoms with Crippen LogP contribution in [0.25, 0.3) is 0 Å². The summed E-state index contributed by atoms with van der Waals surface area (Å²) in [5.41, 5.74) is 8.88. The zero-order valence-corrected chi connectivity index (χ0v) is 18.8. The van der Waals surface area contributed by atoms with E-state index in [1.165, 1.54) is 0 Å². The molecule has 1 aliphatic heterocycles. The van der Waals surface area contributed by atoms with Crippen LogP contribution < -0.4 is 15.8 Å². The van der Waals surface area contributed by atoms with E-state index in [1.54, 1.807) is 0 Å². The van der Waals surface area contributed by atoms with E-state index in [1.807, 2.05) is 75.4 Å². The van der Waals surface area contributed by atoms with Crippen molar-refractivity contribution in [3.05, 3.63) is 81.8 Å². The summed E-state index contributed by atoms with van der Waals surface area (Å²) in [7, 11) is 0. The molecule has 0 saturated carbocycles. The largest absolute Gasteiger partial charge is 0.460 e. The summed E-state index contributed by atoms with van der Waals surface area (Å²) in [4.78, 5) is 20.4. The van der Waals surface area contributed by atoms with Gasteiger partial charge in [-0.3, -0.25) is 0 Å². The Labute approximate surface area is 191 Å². The molecule has 4 N–H and O–H groups in total. The highest BCUT2D eigenvalue weighted by molar-refractivity contribution is 7.71. The third-order valence-corrected chi connectivity index (χ3v) is 5.21. The van der Waals surface area contributed by atoms with Gasteiger partial charge in [0.15, 0.2) is 4.77 Å². The zero-order valence-electron chi connectivity index (χ0n) is 18.0. The van der Waals surface area contributed by atoms with Gasteiger partial charge in [-0.1, -0.05) is 30.3 Å². The maximum absolute atomic E-state index is 13.1. The van der Waals surface area contributed by atoms with Crippen molar-refractivity contribution in [2.45, 2.75) is 32.8 Å². The van der Waals surface area contributed by atoms with E-state index in [0.717, 1.165) is 5.56 Å². The summed E-state index contributed by atoms with van der Waals surface area (Å²) < 4.78 is 11.8. The predicted octanol–water partition coefficient (Wildman–Crippen LogP) is 5.30. The number of benzene rings is 2. The molecule has 0 spiro atoms. The van der Waals surface area contributed by atoms with Gasteiger partial charge < -0.3 is 25.5 Å². The second-order valence-corrected chi connectivity index (χ2v) is 8.14. The number of aromatic amines is 1. The van der Waals surface area contributed by atoms with Gasteiger partial charge in [-0.05, 0) is 62.8 Å². The van der Waals surface area contributed by atoms with Crippen LogP contribution in [0.15, 0.2) is 65.9 Å². The van der Waals surface area contributed by atoms with Crippen molar-refractivity contribution >= 4 is 29.8 Å². The highest BCUT2D eigenvalue weighted by Gasteiger charge is 2.36. The molecule has 4 rings (SSSR count). The average molecular weight is 449 g/mol. The minimum atomic E-state index is -0.517. The molecule has 1 aliphatic rings. The molecule has 2 aromatic carbocycles. The Morgan fingerprint density at radius 1 is 1.12 bits per heavy atom. The van der Waals surface area contributed by atoms with Crippen LogP contribution in [-0.4, -0.2) is 22.0 Å². The smallest absolute Gasteiger partial charge is 0.337 e. The van der Waals surface area contributed by atoms with Crippen molar-refractivity contribution in [1.82, 2.24) is 9.97 Å². The number of carbonyl (C=O) groups is 1. The van der Waals surface area contributed by atoms with Crippen LogP contribution in [0.4, 0.5) is 11.6 Å². The number of H-pyrrole nitrogens is 1.